The van der Waals surface area contributed by atoms with E-state index < -0.39 is 0 Å². The third-order valence-corrected chi connectivity index (χ3v) is 4.31. The summed E-state index contributed by atoms with van der Waals surface area (Å²) in [4.78, 5) is 11.2. The van der Waals surface area contributed by atoms with Crippen LogP contribution >= 0.6 is 0 Å². The highest BCUT2D eigenvalue weighted by Crippen LogP contribution is 2.22. The van der Waals surface area contributed by atoms with Crippen molar-refractivity contribution >= 4 is 0 Å². The molecule has 2 aromatic rings. The maximum atomic E-state index is 4.61. The van der Waals surface area contributed by atoms with Gasteiger partial charge in [0.05, 0.1) is 5.69 Å². The van der Waals surface area contributed by atoms with Crippen LogP contribution in [0.2, 0.25) is 0 Å². The summed E-state index contributed by atoms with van der Waals surface area (Å²) < 4.78 is 0. The minimum absolute atomic E-state index is 0.814. The Labute approximate surface area is 127 Å². The van der Waals surface area contributed by atoms with E-state index in [2.05, 4.69) is 52.1 Å². The van der Waals surface area contributed by atoms with E-state index in [0.717, 1.165) is 18.2 Å². The second-order valence-corrected chi connectivity index (χ2v) is 6.05. The van der Waals surface area contributed by atoms with Gasteiger partial charge >= 0.3 is 0 Å². The van der Waals surface area contributed by atoms with Gasteiger partial charge in [-0.25, -0.2) is 0 Å². The third kappa shape index (κ3) is 4.11. The molecule has 110 valence electrons. The van der Waals surface area contributed by atoms with Gasteiger partial charge in [-0.3, -0.25) is 14.9 Å². The smallest absolute Gasteiger partial charge is 0.0547 e. The van der Waals surface area contributed by atoms with Crippen LogP contribution in [0.1, 0.15) is 29.8 Å². The topological polar surface area (TPSA) is 29.0 Å². The van der Waals surface area contributed by atoms with Gasteiger partial charge in [0.2, 0.25) is 0 Å². The highest BCUT2D eigenvalue weighted by Gasteiger charge is 2.19. The molecule has 1 saturated heterocycles. The highest BCUT2D eigenvalue weighted by molar-refractivity contribution is 5.11. The van der Waals surface area contributed by atoms with Crippen LogP contribution in [-0.2, 0) is 13.0 Å². The Hall–Kier alpha value is -1.74. The normalized spacial score (nSPS) is 17.0. The fourth-order valence-corrected chi connectivity index (χ4v) is 3.12. The zero-order valence-corrected chi connectivity index (χ0v) is 12.7. The van der Waals surface area contributed by atoms with Crippen LogP contribution in [0, 0.1) is 12.8 Å². The highest BCUT2D eigenvalue weighted by atomic mass is 15.1. The van der Waals surface area contributed by atoms with E-state index in [1.165, 1.54) is 43.6 Å². The predicted molar refractivity (Wildman–Crippen MR) is 84.9 cm³/mol. The fraction of sp³-hybridized carbons (Fsp3) is 0.444. The van der Waals surface area contributed by atoms with Gasteiger partial charge in [-0.15, -0.1) is 0 Å². The molecule has 0 atom stereocenters. The Balaban J connectivity index is 1.49. The molecular formula is C18H23N3. The van der Waals surface area contributed by atoms with Crippen LogP contribution in [0.4, 0.5) is 0 Å². The standard InChI is InChI=1S/C18H23N3/c1-15-3-2-4-18(20-15)14-21-11-7-17(8-12-21)13-16-5-9-19-10-6-16/h2-6,9-10,17H,7-8,11-14H2,1H3. The Morgan fingerprint density at radius 3 is 2.57 bits per heavy atom. The Kier molecular flexibility index (Phi) is 4.61. The number of pyridine rings is 2. The molecule has 0 unspecified atom stereocenters. The van der Waals surface area contributed by atoms with E-state index in [1.54, 1.807) is 0 Å². The Morgan fingerprint density at radius 2 is 1.86 bits per heavy atom. The molecule has 0 amide bonds. The zero-order chi connectivity index (χ0) is 14.5. The predicted octanol–water partition coefficient (Wildman–Crippen LogP) is 3.24. The number of nitrogens with zero attached hydrogens (tertiary/aromatic N) is 3. The lowest BCUT2D eigenvalue weighted by molar-refractivity contribution is 0.175. The minimum Gasteiger partial charge on any atom is -0.297 e. The lowest BCUT2D eigenvalue weighted by atomic mass is 9.90. The second kappa shape index (κ2) is 6.81. The van der Waals surface area contributed by atoms with Crippen molar-refractivity contribution in [3.63, 3.8) is 0 Å². The molecule has 0 saturated carbocycles. The van der Waals surface area contributed by atoms with E-state index in [-0.39, 0.29) is 0 Å². The first-order valence-corrected chi connectivity index (χ1v) is 7.83. The monoisotopic (exact) mass is 281 g/mol. The van der Waals surface area contributed by atoms with Crippen molar-refractivity contribution in [2.75, 3.05) is 13.1 Å². The van der Waals surface area contributed by atoms with E-state index in [0.29, 0.717) is 0 Å². The number of hydrogen-bond donors (Lipinski definition) is 0. The summed E-state index contributed by atoms with van der Waals surface area (Å²) in [5.74, 6) is 0.814. The molecule has 1 fully saturated rings. The average Bonchev–Trinajstić information content (AvgIpc) is 2.50. The molecule has 0 aliphatic carbocycles. The van der Waals surface area contributed by atoms with Gasteiger partial charge in [0.15, 0.2) is 0 Å². The zero-order valence-electron chi connectivity index (χ0n) is 12.7. The van der Waals surface area contributed by atoms with Crippen molar-refractivity contribution in [1.29, 1.82) is 0 Å². The van der Waals surface area contributed by atoms with E-state index in [9.17, 15) is 0 Å². The quantitative estimate of drug-likeness (QED) is 0.861. The maximum Gasteiger partial charge on any atom is 0.0547 e. The molecule has 2 aromatic heterocycles. The molecule has 3 heteroatoms. The summed E-state index contributed by atoms with van der Waals surface area (Å²) in [6.45, 7) is 5.42. The van der Waals surface area contributed by atoms with Crippen molar-refractivity contribution in [1.82, 2.24) is 14.9 Å². The Morgan fingerprint density at radius 1 is 1.10 bits per heavy atom. The van der Waals surface area contributed by atoms with Crippen molar-refractivity contribution in [2.24, 2.45) is 5.92 Å². The summed E-state index contributed by atoms with van der Waals surface area (Å²) in [7, 11) is 0. The van der Waals surface area contributed by atoms with Crippen LogP contribution < -0.4 is 0 Å². The van der Waals surface area contributed by atoms with Crippen LogP contribution in [0.25, 0.3) is 0 Å². The number of likely N-dealkylation sites (tertiary alicyclic amines) is 1. The van der Waals surface area contributed by atoms with Crippen LogP contribution in [0.3, 0.4) is 0 Å². The third-order valence-electron chi connectivity index (χ3n) is 4.31. The van der Waals surface area contributed by atoms with Crippen molar-refractivity contribution < 1.29 is 0 Å². The van der Waals surface area contributed by atoms with Gasteiger partial charge in [-0.1, -0.05) is 6.07 Å². The molecule has 0 radical (unpaired) electrons. The minimum atomic E-state index is 0.814. The van der Waals surface area contributed by atoms with Gasteiger partial charge < -0.3 is 0 Å². The summed E-state index contributed by atoms with van der Waals surface area (Å²) >= 11 is 0. The molecular weight excluding hydrogens is 258 g/mol. The molecule has 21 heavy (non-hydrogen) atoms. The SMILES string of the molecule is Cc1cccc(CN2CCC(Cc3ccncc3)CC2)n1. The molecule has 0 N–H and O–H groups in total. The maximum absolute atomic E-state index is 4.61. The van der Waals surface area contributed by atoms with Crippen LogP contribution in [0.5, 0.6) is 0 Å². The second-order valence-electron chi connectivity index (χ2n) is 6.05. The first kappa shape index (κ1) is 14.2. The molecule has 0 bridgehead atoms. The van der Waals surface area contributed by atoms with Crippen LogP contribution in [-0.4, -0.2) is 28.0 Å². The average molecular weight is 281 g/mol. The molecule has 3 rings (SSSR count). The van der Waals surface area contributed by atoms with Gasteiger partial charge in [0.1, 0.15) is 0 Å². The summed E-state index contributed by atoms with van der Waals surface area (Å²) in [6, 6.07) is 10.6. The van der Waals surface area contributed by atoms with Gasteiger partial charge in [0.25, 0.3) is 0 Å². The first-order chi connectivity index (χ1) is 10.3. The van der Waals surface area contributed by atoms with E-state index >= 15 is 0 Å². The lowest BCUT2D eigenvalue weighted by Crippen LogP contribution is -2.34. The van der Waals surface area contributed by atoms with Gasteiger partial charge in [0, 0.05) is 24.6 Å². The van der Waals surface area contributed by atoms with Gasteiger partial charge in [-0.05, 0) is 75.0 Å². The number of rotatable bonds is 4. The summed E-state index contributed by atoms with van der Waals surface area (Å²) in [6.07, 6.45) is 7.56. The number of aromatic nitrogens is 2. The molecule has 0 spiro atoms. The molecule has 1 aliphatic rings. The number of hydrogen-bond acceptors (Lipinski definition) is 3. The van der Waals surface area contributed by atoms with E-state index in [1.807, 2.05) is 12.4 Å². The van der Waals surface area contributed by atoms with Crippen molar-refractivity contribution in [2.45, 2.75) is 32.7 Å². The van der Waals surface area contributed by atoms with Crippen LogP contribution in [0.15, 0.2) is 42.7 Å². The molecule has 3 heterocycles. The van der Waals surface area contributed by atoms with Crippen molar-refractivity contribution in [3.8, 4) is 0 Å². The largest absolute Gasteiger partial charge is 0.297 e. The summed E-state index contributed by atoms with van der Waals surface area (Å²) in [5.41, 5.74) is 3.73. The Bertz CT molecular complexity index is 560. The molecule has 0 aromatic carbocycles. The van der Waals surface area contributed by atoms with Crippen molar-refractivity contribution in [3.05, 3.63) is 59.7 Å². The molecule has 3 nitrogen and oxygen atoms in total. The lowest BCUT2D eigenvalue weighted by Gasteiger charge is -2.31. The van der Waals surface area contributed by atoms with E-state index in [4.69, 9.17) is 0 Å². The summed E-state index contributed by atoms with van der Waals surface area (Å²) in [5, 5.41) is 0. The first-order valence-electron chi connectivity index (χ1n) is 7.83. The molecule has 1 aliphatic heterocycles. The van der Waals surface area contributed by atoms with Gasteiger partial charge in [-0.2, -0.15) is 0 Å². The fourth-order valence-electron chi connectivity index (χ4n) is 3.12. The number of aryl methyl sites for hydroxylation is 1. The number of piperidine rings is 1.